The summed E-state index contributed by atoms with van der Waals surface area (Å²) in [5, 5.41) is 5.62. The topological polar surface area (TPSA) is 128 Å². The van der Waals surface area contributed by atoms with Gasteiger partial charge in [-0.25, -0.2) is 4.79 Å². The summed E-state index contributed by atoms with van der Waals surface area (Å²) < 4.78 is 1.90. The normalized spacial score (nSPS) is 11.7. The Hall–Kier alpha value is -3.36. The summed E-state index contributed by atoms with van der Waals surface area (Å²) in [5.41, 5.74) is 5.50. The van der Waals surface area contributed by atoms with E-state index in [1.165, 1.54) is 21.0 Å². The number of nitrogens with one attached hydrogen (secondary N) is 2. The first-order valence-corrected chi connectivity index (χ1v) is 7.87. The van der Waals surface area contributed by atoms with Crippen LogP contribution in [0.3, 0.4) is 0 Å². The fraction of sp³-hybridized carbons (Fsp3) is 0.294. The van der Waals surface area contributed by atoms with Crippen LogP contribution in [-0.2, 0) is 18.9 Å². The van der Waals surface area contributed by atoms with Gasteiger partial charge >= 0.3 is 5.69 Å². The molecule has 2 aromatic rings. The van der Waals surface area contributed by atoms with Crippen LogP contribution in [0.4, 0.5) is 17.2 Å². The number of nitrogen functional groups attached to an aromatic ring is 1. The molecule has 1 aromatic heterocycles. The zero-order chi connectivity index (χ0) is 19.6. The van der Waals surface area contributed by atoms with Gasteiger partial charge in [0.05, 0.1) is 6.04 Å². The third kappa shape index (κ3) is 3.66. The summed E-state index contributed by atoms with van der Waals surface area (Å²) in [6.45, 7) is 3.00. The minimum atomic E-state index is -0.755. The Morgan fingerprint density at radius 2 is 1.58 bits per heavy atom. The van der Waals surface area contributed by atoms with Gasteiger partial charge in [0.2, 0.25) is 5.91 Å². The average Bonchev–Trinajstić information content (AvgIpc) is 2.59. The zero-order valence-electron chi connectivity index (χ0n) is 15.0. The van der Waals surface area contributed by atoms with Gasteiger partial charge in [-0.1, -0.05) is 0 Å². The average molecular weight is 359 g/mol. The van der Waals surface area contributed by atoms with E-state index in [-0.39, 0.29) is 17.3 Å². The standard InChI is InChI=1S/C17H21N5O4/c1-9(19-11-5-7-12(8-6-11)20-10(2)23)14(24)13-15(18)21(3)17(26)22(4)16(13)25/h5-9,19H,18H2,1-4H3,(H,20,23). The number of aromatic nitrogens is 2. The van der Waals surface area contributed by atoms with E-state index in [0.29, 0.717) is 11.4 Å². The minimum Gasteiger partial charge on any atom is -0.384 e. The van der Waals surface area contributed by atoms with Crippen LogP contribution < -0.4 is 27.6 Å². The Labute approximate surface area is 149 Å². The highest BCUT2D eigenvalue weighted by Crippen LogP contribution is 2.16. The lowest BCUT2D eigenvalue weighted by Crippen LogP contribution is -2.43. The second-order valence-corrected chi connectivity index (χ2v) is 5.95. The summed E-state index contributed by atoms with van der Waals surface area (Å²) in [4.78, 5) is 47.8. The van der Waals surface area contributed by atoms with Crippen LogP contribution in [0, 0.1) is 0 Å². The predicted molar refractivity (Wildman–Crippen MR) is 99.5 cm³/mol. The number of amides is 1. The molecule has 0 bridgehead atoms. The molecule has 0 aliphatic heterocycles. The second-order valence-electron chi connectivity index (χ2n) is 5.95. The van der Waals surface area contributed by atoms with E-state index in [2.05, 4.69) is 10.6 Å². The molecule has 1 aromatic carbocycles. The molecule has 1 heterocycles. The smallest absolute Gasteiger partial charge is 0.332 e. The van der Waals surface area contributed by atoms with Crippen molar-refractivity contribution in [1.82, 2.24) is 9.13 Å². The molecule has 0 aliphatic carbocycles. The summed E-state index contributed by atoms with van der Waals surface area (Å²) in [5.74, 6) is -0.877. The molecule has 0 radical (unpaired) electrons. The van der Waals surface area contributed by atoms with Gasteiger partial charge in [-0.05, 0) is 31.2 Å². The first-order chi connectivity index (χ1) is 12.1. The number of ketones is 1. The van der Waals surface area contributed by atoms with E-state index >= 15 is 0 Å². The van der Waals surface area contributed by atoms with E-state index in [1.54, 1.807) is 31.2 Å². The monoisotopic (exact) mass is 359 g/mol. The van der Waals surface area contributed by atoms with Crippen molar-refractivity contribution in [2.45, 2.75) is 19.9 Å². The molecule has 1 amide bonds. The van der Waals surface area contributed by atoms with E-state index in [4.69, 9.17) is 5.73 Å². The van der Waals surface area contributed by atoms with Gasteiger partial charge in [0.15, 0.2) is 5.78 Å². The molecule has 0 fully saturated rings. The highest BCUT2D eigenvalue weighted by Gasteiger charge is 2.24. The lowest BCUT2D eigenvalue weighted by atomic mass is 10.1. The second kappa shape index (κ2) is 7.26. The number of nitrogens with zero attached hydrogens (tertiary/aromatic N) is 2. The fourth-order valence-corrected chi connectivity index (χ4v) is 2.48. The Balaban J connectivity index is 2.27. The third-order valence-electron chi connectivity index (χ3n) is 3.94. The molecule has 0 aliphatic rings. The Kier molecular flexibility index (Phi) is 5.30. The van der Waals surface area contributed by atoms with E-state index in [9.17, 15) is 19.2 Å². The Morgan fingerprint density at radius 3 is 2.12 bits per heavy atom. The largest absolute Gasteiger partial charge is 0.384 e. The Morgan fingerprint density at radius 1 is 1.04 bits per heavy atom. The quantitative estimate of drug-likeness (QED) is 0.659. The predicted octanol–water partition coefficient (Wildman–Crippen LogP) is 0.308. The summed E-state index contributed by atoms with van der Waals surface area (Å²) >= 11 is 0. The van der Waals surface area contributed by atoms with Crippen molar-refractivity contribution in [3.63, 3.8) is 0 Å². The fourth-order valence-electron chi connectivity index (χ4n) is 2.48. The van der Waals surface area contributed by atoms with Crippen LogP contribution in [0.1, 0.15) is 24.2 Å². The highest BCUT2D eigenvalue weighted by molar-refractivity contribution is 6.04. The number of Topliss-reactive ketones (excluding diaryl/α,β-unsaturated/α-hetero) is 1. The van der Waals surface area contributed by atoms with Gasteiger partial charge < -0.3 is 16.4 Å². The van der Waals surface area contributed by atoms with Crippen molar-refractivity contribution in [2.24, 2.45) is 14.1 Å². The zero-order valence-corrected chi connectivity index (χ0v) is 15.0. The van der Waals surface area contributed by atoms with Crippen LogP contribution in [0.15, 0.2) is 33.9 Å². The van der Waals surface area contributed by atoms with E-state index < -0.39 is 23.1 Å². The van der Waals surface area contributed by atoms with Gasteiger partial charge in [0, 0.05) is 32.4 Å². The van der Waals surface area contributed by atoms with Gasteiger partial charge in [-0.2, -0.15) is 0 Å². The molecule has 1 unspecified atom stereocenters. The van der Waals surface area contributed by atoms with Crippen molar-refractivity contribution in [3.8, 4) is 0 Å². The number of carbonyl (C=O) groups is 2. The van der Waals surface area contributed by atoms with Gasteiger partial charge in [-0.3, -0.25) is 23.5 Å². The minimum absolute atomic E-state index is 0.169. The number of nitrogens with two attached hydrogens (primary N) is 1. The maximum absolute atomic E-state index is 12.7. The summed E-state index contributed by atoms with van der Waals surface area (Å²) in [7, 11) is 2.69. The molecule has 138 valence electrons. The molecule has 9 nitrogen and oxygen atoms in total. The van der Waals surface area contributed by atoms with E-state index in [0.717, 1.165) is 9.13 Å². The van der Waals surface area contributed by atoms with Crippen LogP contribution in [0.2, 0.25) is 0 Å². The van der Waals surface area contributed by atoms with Crippen LogP contribution in [0.25, 0.3) is 0 Å². The molecule has 0 spiro atoms. The van der Waals surface area contributed by atoms with Crippen molar-refractivity contribution < 1.29 is 9.59 Å². The highest BCUT2D eigenvalue weighted by atomic mass is 16.2. The number of benzene rings is 1. The van der Waals surface area contributed by atoms with Crippen molar-refractivity contribution >= 4 is 28.9 Å². The molecule has 9 heteroatoms. The number of hydrogen-bond donors (Lipinski definition) is 3. The molecule has 0 saturated carbocycles. The van der Waals surface area contributed by atoms with Crippen LogP contribution in [-0.4, -0.2) is 26.9 Å². The summed E-state index contributed by atoms with van der Waals surface area (Å²) in [6, 6.07) is 5.99. The van der Waals surface area contributed by atoms with E-state index in [1.807, 2.05) is 0 Å². The maximum Gasteiger partial charge on any atom is 0.332 e. The maximum atomic E-state index is 12.7. The molecule has 4 N–H and O–H groups in total. The molecule has 2 rings (SSSR count). The lowest BCUT2D eigenvalue weighted by molar-refractivity contribution is -0.114. The van der Waals surface area contributed by atoms with Crippen LogP contribution in [0.5, 0.6) is 0 Å². The van der Waals surface area contributed by atoms with Crippen molar-refractivity contribution in [1.29, 1.82) is 0 Å². The van der Waals surface area contributed by atoms with Crippen molar-refractivity contribution in [3.05, 3.63) is 50.7 Å². The molecular formula is C17H21N5O4. The molecule has 0 saturated heterocycles. The molecular weight excluding hydrogens is 338 g/mol. The number of hydrogen-bond acceptors (Lipinski definition) is 6. The van der Waals surface area contributed by atoms with Gasteiger partial charge in [0.25, 0.3) is 5.56 Å². The third-order valence-corrected chi connectivity index (χ3v) is 3.94. The molecule has 1 atom stereocenters. The SMILES string of the molecule is CC(=O)Nc1ccc(NC(C)C(=O)c2c(N)n(C)c(=O)n(C)c2=O)cc1. The van der Waals surface area contributed by atoms with Gasteiger partial charge in [-0.15, -0.1) is 0 Å². The first-order valence-electron chi connectivity index (χ1n) is 7.87. The Bertz CT molecular complexity index is 972. The van der Waals surface area contributed by atoms with Crippen LogP contribution >= 0.6 is 0 Å². The van der Waals surface area contributed by atoms with Crippen molar-refractivity contribution in [2.75, 3.05) is 16.4 Å². The first kappa shape index (κ1) is 19.0. The number of rotatable bonds is 5. The summed E-state index contributed by atoms with van der Waals surface area (Å²) in [6.07, 6.45) is 0. The lowest BCUT2D eigenvalue weighted by Gasteiger charge is -2.17. The number of carbonyl (C=O) groups excluding carboxylic acids is 2. The molecule has 26 heavy (non-hydrogen) atoms. The van der Waals surface area contributed by atoms with Gasteiger partial charge in [0.1, 0.15) is 11.4 Å². The number of anilines is 3.